The van der Waals surface area contributed by atoms with Crippen LogP contribution in [-0.2, 0) is 44.2 Å². The first-order valence-corrected chi connectivity index (χ1v) is 19.8. The first-order valence-electron chi connectivity index (χ1n) is 17.7. The normalized spacial score (nSPS) is 18.1. The van der Waals surface area contributed by atoms with Gasteiger partial charge in [0, 0.05) is 10.8 Å². The molecule has 2 rings (SSSR count). The van der Waals surface area contributed by atoms with Gasteiger partial charge in [0.15, 0.2) is 0 Å². The maximum absolute atomic E-state index is 5.67. The molecule has 0 unspecified atom stereocenters. The van der Waals surface area contributed by atoms with Crippen molar-refractivity contribution in [3.05, 3.63) is 0 Å². The van der Waals surface area contributed by atoms with Crippen LogP contribution in [0.3, 0.4) is 0 Å². The van der Waals surface area contributed by atoms with Crippen LogP contribution in [-0.4, -0.2) is 39.6 Å². The molecule has 44 heavy (non-hydrogen) atoms. The molecule has 0 spiro atoms. The number of hydrogen-bond donors (Lipinski definition) is 0. The van der Waals surface area contributed by atoms with Crippen molar-refractivity contribution in [1.29, 1.82) is 0 Å². The van der Waals surface area contributed by atoms with Gasteiger partial charge in [-0.15, -0.1) is 0 Å². The number of hydrogen-bond acceptors (Lipinski definition) is 6. The zero-order chi connectivity index (χ0) is 30.8. The van der Waals surface area contributed by atoms with E-state index >= 15 is 0 Å². The van der Waals surface area contributed by atoms with Gasteiger partial charge < -0.3 is 51.1 Å². The van der Waals surface area contributed by atoms with Crippen LogP contribution in [0.2, 0.25) is 0 Å². The van der Waals surface area contributed by atoms with Crippen LogP contribution in [0, 0.1) is 10.8 Å². The monoisotopic (exact) mass is 826 g/mol. The van der Waals surface area contributed by atoms with Gasteiger partial charge in [0.1, 0.15) is 0 Å². The van der Waals surface area contributed by atoms with E-state index in [1.54, 1.807) is 0 Å². The third-order valence-corrected chi connectivity index (χ3v) is 9.78. The van der Waals surface area contributed by atoms with Crippen LogP contribution in [0.15, 0.2) is 0 Å². The van der Waals surface area contributed by atoms with E-state index in [9.17, 15) is 0 Å². The molecule has 10 heteroatoms. The Morgan fingerprint density at radius 1 is 0.432 bits per heavy atom. The van der Waals surface area contributed by atoms with E-state index in [0.717, 1.165) is 52.5 Å². The van der Waals surface area contributed by atoms with Gasteiger partial charge in [-0.3, -0.25) is 0 Å². The molecule has 0 radical (unpaired) electrons. The van der Waals surface area contributed by atoms with Gasteiger partial charge in [0.05, 0.1) is 39.6 Å². The maximum Gasteiger partial charge on any atom is 1.00 e. The molecule has 0 aromatic carbocycles. The minimum absolute atomic E-state index is 0. The second-order valence-electron chi connectivity index (χ2n) is 13.9. The summed E-state index contributed by atoms with van der Waals surface area (Å²) >= 11 is 0. The van der Waals surface area contributed by atoms with Gasteiger partial charge in [-0.2, -0.15) is 0 Å². The zero-order valence-electron chi connectivity index (χ0n) is 29.4. The van der Waals surface area contributed by atoms with Crippen molar-refractivity contribution in [3.63, 3.8) is 0 Å². The quantitative estimate of drug-likeness (QED) is 0.0419. The molecule has 0 N–H and O–H groups in total. The van der Waals surface area contributed by atoms with Crippen molar-refractivity contribution in [1.82, 2.24) is 0 Å². The Bertz CT molecular complexity index is 536. The summed E-state index contributed by atoms with van der Waals surface area (Å²) in [4.78, 5) is 0. The molecule has 6 nitrogen and oxygen atoms in total. The van der Waals surface area contributed by atoms with Crippen molar-refractivity contribution in [2.24, 2.45) is 10.8 Å². The number of halogens is 1. The third kappa shape index (κ3) is 30.0. The Balaban J connectivity index is 0. The Hall–Kier alpha value is 1.87. The van der Waals surface area contributed by atoms with Crippen molar-refractivity contribution < 1.29 is 68.2 Å². The topological polar surface area (TPSA) is 55.4 Å². The number of rotatable bonds is 24. The smallest absolute Gasteiger partial charge is 1.00 e. The molecule has 2 saturated heterocycles. The molecule has 2 fully saturated rings. The van der Waals surface area contributed by atoms with Crippen molar-refractivity contribution in [2.45, 2.75) is 170 Å². The van der Waals surface area contributed by atoms with E-state index in [2.05, 4.69) is 41.5 Å². The molecule has 0 aromatic rings. The molecule has 270 valence electrons. The summed E-state index contributed by atoms with van der Waals surface area (Å²) in [6.07, 6.45) is 27.0. The van der Waals surface area contributed by atoms with Crippen molar-refractivity contribution in [3.8, 4) is 0 Å². The van der Waals surface area contributed by atoms with E-state index < -0.39 is 17.2 Å². The molecule has 0 saturated carbocycles. The Morgan fingerprint density at radius 3 is 0.909 bits per heavy atom. The third-order valence-electron chi connectivity index (χ3n) is 7.63. The zero-order valence-corrected chi connectivity index (χ0v) is 34.3. The van der Waals surface area contributed by atoms with Crippen molar-refractivity contribution >= 4 is 17.2 Å². The fraction of sp³-hybridized carbons (Fsp3) is 1.00. The fourth-order valence-electron chi connectivity index (χ4n) is 4.67. The van der Waals surface area contributed by atoms with Gasteiger partial charge in [-0.05, 0) is 12.8 Å². The summed E-state index contributed by atoms with van der Waals surface area (Å²) in [6.45, 7) is 17.7. The van der Waals surface area contributed by atoms with Gasteiger partial charge >= 0.3 is 34.3 Å². The summed E-state index contributed by atoms with van der Waals surface area (Å²) in [7, 11) is -2.13. The fourth-order valence-corrected chi connectivity index (χ4v) is 7.50. The van der Waals surface area contributed by atoms with Crippen LogP contribution >= 0.6 is 17.2 Å². The molecule has 0 bridgehead atoms. The largest absolute Gasteiger partial charge is 1.00 e. The van der Waals surface area contributed by atoms with Crippen LogP contribution in [0.25, 0.3) is 0 Å². The number of unbranched alkanes of at least 4 members (excludes halogenated alkanes) is 18. The van der Waals surface area contributed by atoms with Gasteiger partial charge in [0.2, 0.25) is 0 Å². The van der Waals surface area contributed by atoms with E-state index in [0.29, 0.717) is 0 Å². The van der Waals surface area contributed by atoms with E-state index in [-0.39, 0.29) is 51.9 Å². The molecular weight excluding hydrogens is 757 g/mol. The Kier molecular flexibility index (Phi) is 35.0. The second kappa shape index (κ2) is 32.1. The first kappa shape index (κ1) is 48.0. The predicted octanol–water partition coefficient (Wildman–Crippen LogP) is 9.45. The minimum atomic E-state index is -1.07. The van der Waals surface area contributed by atoms with Gasteiger partial charge in [-0.25, -0.2) is 0 Å². The summed E-state index contributed by atoms with van der Waals surface area (Å²) in [5.41, 5.74) is 0.276. The molecule has 0 aliphatic carbocycles. The van der Waals surface area contributed by atoms with Crippen molar-refractivity contribution in [2.75, 3.05) is 39.6 Å². The predicted molar refractivity (Wildman–Crippen MR) is 181 cm³/mol. The summed E-state index contributed by atoms with van der Waals surface area (Å²) in [6, 6.07) is 0. The average molecular weight is 827 g/mol. The Labute approximate surface area is 304 Å². The summed E-state index contributed by atoms with van der Waals surface area (Å²) < 4.78 is 33.8. The van der Waals surface area contributed by atoms with E-state index in [1.807, 2.05) is 0 Å². The molecular formula is C34H70CuIO6P2. The molecule has 2 aliphatic heterocycles. The molecule has 2 heterocycles. The average Bonchev–Trinajstić information content (AvgIpc) is 2.96. The van der Waals surface area contributed by atoms with Gasteiger partial charge in [-0.1, -0.05) is 157 Å². The maximum atomic E-state index is 5.67. The van der Waals surface area contributed by atoms with E-state index in [1.165, 1.54) is 116 Å². The van der Waals surface area contributed by atoms with E-state index in [4.69, 9.17) is 27.1 Å². The van der Waals surface area contributed by atoms with Crippen LogP contribution in [0.5, 0.6) is 0 Å². The molecule has 0 amide bonds. The summed E-state index contributed by atoms with van der Waals surface area (Å²) in [5, 5.41) is 0. The van der Waals surface area contributed by atoms with Crippen LogP contribution in [0.4, 0.5) is 0 Å². The first-order chi connectivity index (χ1) is 20.3. The molecule has 0 atom stereocenters. The second-order valence-corrected chi connectivity index (χ2v) is 16.3. The molecule has 0 aromatic heterocycles. The van der Waals surface area contributed by atoms with Crippen LogP contribution < -0.4 is 24.0 Å². The molecule has 2 aliphatic rings. The minimum Gasteiger partial charge on any atom is -1.00 e. The van der Waals surface area contributed by atoms with Gasteiger partial charge in [0.25, 0.3) is 0 Å². The standard InChI is InChI=1S/2C17H35O3P.Cu.HI/c2*1-4-5-6-7-8-9-10-11-12-13-14-18-21-19-15-17(2,3)16-20-21;;/h2*4-16H2,1-3H3;;1H/q;;+1;/p-1. The summed E-state index contributed by atoms with van der Waals surface area (Å²) in [5.74, 6) is 0. The Morgan fingerprint density at radius 2 is 0.659 bits per heavy atom. The van der Waals surface area contributed by atoms with Crippen LogP contribution in [0.1, 0.15) is 170 Å². The SMILES string of the molecule is CCCCCCCCCCCCOP1OCC(C)(C)CO1.CCCCCCCCCCCCOP1OCC(C)(C)CO1.[Cu+].[I-].